The standard InChI is InChI=1S/C22H39N3O4/c1-21(2,3)22(10-6-5-7-11-22)12-8-9-17(15-19(26)27)20-24-18(25-29-20)16-23-13-14-28-4/h17,23H,5-16H2,1-4H3,(H,26,27)/t17-/m1/s1. The number of nitrogens with one attached hydrogen (secondary N) is 1. The Bertz CT molecular complexity index is 618. The van der Waals surface area contributed by atoms with Crippen LogP contribution in [0.1, 0.15) is 96.2 Å². The summed E-state index contributed by atoms with van der Waals surface area (Å²) in [5.74, 6) is -0.0427. The van der Waals surface area contributed by atoms with Crippen LogP contribution in [0.4, 0.5) is 0 Å². The van der Waals surface area contributed by atoms with Gasteiger partial charge in [0.05, 0.1) is 19.6 Å². The molecule has 1 aromatic heterocycles. The number of carbonyl (C=O) groups is 1. The van der Waals surface area contributed by atoms with Gasteiger partial charge in [0.2, 0.25) is 5.89 Å². The van der Waals surface area contributed by atoms with Gasteiger partial charge in [-0.2, -0.15) is 4.98 Å². The third kappa shape index (κ3) is 7.07. The molecule has 0 radical (unpaired) electrons. The largest absolute Gasteiger partial charge is 0.481 e. The van der Waals surface area contributed by atoms with Crippen molar-refractivity contribution in [2.45, 2.75) is 91.0 Å². The van der Waals surface area contributed by atoms with Gasteiger partial charge in [-0.05, 0) is 36.5 Å². The Kier molecular flexibility index (Phi) is 9.08. The molecule has 0 unspecified atom stereocenters. The predicted molar refractivity (Wildman–Crippen MR) is 112 cm³/mol. The number of aliphatic carboxylic acids is 1. The number of aromatic nitrogens is 2. The van der Waals surface area contributed by atoms with Gasteiger partial charge in [-0.1, -0.05) is 51.6 Å². The van der Waals surface area contributed by atoms with Crippen LogP contribution in [0.5, 0.6) is 0 Å². The summed E-state index contributed by atoms with van der Waals surface area (Å²) in [4.78, 5) is 15.9. The Morgan fingerprint density at radius 2 is 2.03 bits per heavy atom. The van der Waals surface area contributed by atoms with Crippen molar-refractivity contribution in [3.05, 3.63) is 11.7 Å². The molecule has 0 aromatic carbocycles. The number of hydrogen-bond donors (Lipinski definition) is 2. The molecule has 0 saturated heterocycles. The molecule has 1 fully saturated rings. The molecule has 7 heteroatoms. The molecule has 0 spiro atoms. The molecule has 2 N–H and O–H groups in total. The van der Waals surface area contributed by atoms with Crippen LogP contribution in [0, 0.1) is 10.8 Å². The first-order chi connectivity index (χ1) is 13.8. The highest BCUT2D eigenvalue weighted by Crippen LogP contribution is 2.53. The summed E-state index contributed by atoms with van der Waals surface area (Å²) >= 11 is 0. The van der Waals surface area contributed by atoms with Gasteiger partial charge in [0, 0.05) is 19.6 Å². The average Bonchev–Trinajstić information content (AvgIpc) is 3.13. The summed E-state index contributed by atoms with van der Waals surface area (Å²) < 4.78 is 10.4. The van der Waals surface area contributed by atoms with E-state index in [4.69, 9.17) is 9.26 Å². The van der Waals surface area contributed by atoms with E-state index in [9.17, 15) is 9.90 Å². The Morgan fingerprint density at radius 3 is 2.66 bits per heavy atom. The molecular weight excluding hydrogens is 370 g/mol. The number of hydrogen-bond acceptors (Lipinski definition) is 6. The molecule has 1 aliphatic rings. The summed E-state index contributed by atoms with van der Waals surface area (Å²) in [6.07, 6.45) is 9.41. The summed E-state index contributed by atoms with van der Waals surface area (Å²) in [6, 6.07) is 0. The summed E-state index contributed by atoms with van der Waals surface area (Å²) in [5.41, 5.74) is 0.617. The van der Waals surface area contributed by atoms with E-state index in [0.717, 1.165) is 19.3 Å². The molecule has 1 heterocycles. The smallest absolute Gasteiger partial charge is 0.304 e. The van der Waals surface area contributed by atoms with E-state index in [2.05, 4.69) is 36.2 Å². The Morgan fingerprint density at radius 1 is 1.31 bits per heavy atom. The predicted octanol–water partition coefficient (Wildman–Crippen LogP) is 4.53. The molecule has 1 aromatic rings. The maximum atomic E-state index is 11.4. The Balaban J connectivity index is 1.96. The number of ether oxygens (including phenoxy) is 1. The zero-order valence-corrected chi connectivity index (χ0v) is 18.6. The highest BCUT2D eigenvalue weighted by Gasteiger charge is 2.41. The zero-order chi connectivity index (χ0) is 21.3. The number of methoxy groups -OCH3 is 1. The topological polar surface area (TPSA) is 97.5 Å². The first-order valence-corrected chi connectivity index (χ1v) is 11.0. The van der Waals surface area contributed by atoms with Gasteiger partial charge < -0.3 is 19.7 Å². The molecular formula is C22H39N3O4. The lowest BCUT2D eigenvalue weighted by Crippen LogP contribution is -2.37. The number of carboxylic acid groups (broad SMARTS) is 1. The molecule has 1 saturated carbocycles. The lowest BCUT2D eigenvalue weighted by atomic mass is 9.57. The summed E-state index contributed by atoms with van der Waals surface area (Å²) in [6.45, 7) is 8.87. The fourth-order valence-corrected chi connectivity index (χ4v) is 4.69. The van der Waals surface area contributed by atoms with Crippen molar-refractivity contribution in [1.82, 2.24) is 15.5 Å². The van der Waals surface area contributed by atoms with Crippen molar-refractivity contribution >= 4 is 5.97 Å². The third-order valence-corrected chi connectivity index (χ3v) is 6.63. The van der Waals surface area contributed by atoms with Crippen molar-refractivity contribution in [1.29, 1.82) is 0 Å². The Hall–Kier alpha value is -1.47. The van der Waals surface area contributed by atoms with Gasteiger partial charge in [0.1, 0.15) is 0 Å². The molecule has 7 nitrogen and oxygen atoms in total. The van der Waals surface area contributed by atoms with Crippen LogP contribution >= 0.6 is 0 Å². The van der Waals surface area contributed by atoms with Crippen molar-refractivity contribution < 1.29 is 19.2 Å². The molecule has 0 aliphatic heterocycles. The van der Waals surface area contributed by atoms with Gasteiger partial charge in [0.15, 0.2) is 5.82 Å². The average molecular weight is 410 g/mol. The molecule has 0 bridgehead atoms. The molecule has 1 aliphatic carbocycles. The van der Waals surface area contributed by atoms with Crippen molar-refractivity contribution in [2.75, 3.05) is 20.3 Å². The van der Waals surface area contributed by atoms with E-state index >= 15 is 0 Å². The minimum absolute atomic E-state index is 0.0290. The van der Waals surface area contributed by atoms with Crippen LogP contribution in [0.3, 0.4) is 0 Å². The van der Waals surface area contributed by atoms with Crippen LogP contribution in [0.15, 0.2) is 4.52 Å². The molecule has 166 valence electrons. The molecule has 0 amide bonds. The Labute approximate surface area is 175 Å². The zero-order valence-electron chi connectivity index (χ0n) is 18.6. The second-order valence-electron chi connectivity index (χ2n) is 9.50. The van der Waals surface area contributed by atoms with Gasteiger partial charge in [-0.3, -0.25) is 4.79 Å². The minimum atomic E-state index is -0.823. The van der Waals surface area contributed by atoms with Gasteiger partial charge in [-0.25, -0.2) is 0 Å². The SMILES string of the molecule is COCCNCc1noc([C@H](CCCC2(C(C)(C)C)CCCCC2)CC(=O)O)n1. The van der Waals surface area contributed by atoms with E-state index in [1.165, 1.54) is 32.1 Å². The fourth-order valence-electron chi connectivity index (χ4n) is 4.69. The highest BCUT2D eigenvalue weighted by molar-refractivity contribution is 5.67. The van der Waals surface area contributed by atoms with E-state index in [1.807, 2.05) is 0 Å². The van der Waals surface area contributed by atoms with E-state index < -0.39 is 5.97 Å². The highest BCUT2D eigenvalue weighted by atomic mass is 16.5. The molecule has 29 heavy (non-hydrogen) atoms. The second kappa shape index (κ2) is 11.1. The number of carboxylic acids is 1. The monoisotopic (exact) mass is 409 g/mol. The van der Waals surface area contributed by atoms with Crippen molar-refractivity contribution in [3.63, 3.8) is 0 Å². The maximum absolute atomic E-state index is 11.4. The lowest BCUT2D eigenvalue weighted by Gasteiger charge is -2.48. The maximum Gasteiger partial charge on any atom is 0.304 e. The van der Waals surface area contributed by atoms with Crippen molar-refractivity contribution in [2.24, 2.45) is 10.8 Å². The minimum Gasteiger partial charge on any atom is -0.481 e. The summed E-state index contributed by atoms with van der Waals surface area (Å²) in [7, 11) is 1.65. The second-order valence-corrected chi connectivity index (χ2v) is 9.50. The normalized spacial score (nSPS) is 17.9. The lowest BCUT2D eigenvalue weighted by molar-refractivity contribution is -0.137. The van der Waals surface area contributed by atoms with Crippen LogP contribution in [0.2, 0.25) is 0 Å². The first kappa shape index (κ1) is 23.8. The van der Waals surface area contributed by atoms with Crippen LogP contribution in [0.25, 0.3) is 0 Å². The molecule has 2 rings (SSSR count). The molecule has 1 atom stereocenters. The quantitative estimate of drug-likeness (QED) is 0.489. The summed E-state index contributed by atoms with van der Waals surface area (Å²) in [5, 5.41) is 16.6. The van der Waals surface area contributed by atoms with E-state index in [0.29, 0.717) is 36.8 Å². The third-order valence-electron chi connectivity index (χ3n) is 6.63. The van der Waals surface area contributed by atoms with E-state index in [-0.39, 0.29) is 17.8 Å². The van der Waals surface area contributed by atoms with Gasteiger partial charge in [0.25, 0.3) is 0 Å². The first-order valence-electron chi connectivity index (χ1n) is 11.0. The number of rotatable bonds is 12. The van der Waals surface area contributed by atoms with Crippen LogP contribution < -0.4 is 5.32 Å². The van der Waals surface area contributed by atoms with Gasteiger partial charge >= 0.3 is 5.97 Å². The number of nitrogens with zero attached hydrogens (tertiary/aromatic N) is 2. The van der Waals surface area contributed by atoms with Crippen LogP contribution in [-0.2, 0) is 16.1 Å². The van der Waals surface area contributed by atoms with Crippen LogP contribution in [-0.4, -0.2) is 41.5 Å². The van der Waals surface area contributed by atoms with E-state index in [1.54, 1.807) is 7.11 Å². The van der Waals surface area contributed by atoms with Crippen molar-refractivity contribution in [3.8, 4) is 0 Å². The fraction of sp³-hybridized carbons (Fsp3) is 0.864. The van der Waals surface area contributed by atoms with Gasteiger partial charge in [-0.15, -0.1) is 0 Å².